The fourth-order valence-corrected chi connectivity index (χ4v) is 3.79. The average molecular weight is 290 g/mol. The van der Waals surface area contributed by atoms with Crippen molar-refractivity contribution in [3.05, 3.63) is 0 Å². The van der Waals surface area contributed by atoms with Crippen molar-refractivity contribution in [3.8, 4) is 0 Å². The van der Waals surface area contributed by atoms with Crippen LogP contribution in [0.25, 0.3) is 0 Å². The highest BCUT2D eigenvalue weighted by molar-refractivity contribution is 7.90. The van der Waals surface area contributed by atoms with Crippen molar-refractivity contribution >= 4 is 15.7 Å². The van der Waals surface area contributed by atoms with Gasteiger partial charge in [-0.2, -0.15) is 0 Å². The van der Waals surface area contributed by atoms with Crippen LogP contribution in [0.5, 0.6) is 0 Å². The van der Waals surface area contributed by atoms with Crippen molar-refractivity contribution in [2.24, 2.45) is 11.1 Å². The molecule has 3 N–H and O–H groups in total. The largest absolute Gasteiger partial charge is 0.354 e. The summed E-state index contributed by atoms with van der Waals surface area (Å²) < 4.78 is 22.7. The smallest absolute Gasteiger partial charge is 0.220 e. The molecule has 1 aliphatic carbocycles. The van der Waals surface area contributed by atoms with Crippen LogP contribution < -0.4 is 11.1 Å². The van der Waals surface area contributed by atoms with Crippen molar-refractivity contribution in [1.82, 2.24) is 5.32 Å². The molecule has 0 aliphatic heterocycles. The molecule has 1 rings (SSSR count). The van der Waals surface area contributed by atoms with Crippen molar-refractivity contribution in [2.45, 2.75) is 51.5 Å². The van der Waals surface area contributed by atoms with E-state index in [2.05, 4.69) is 5.32 Å². The first-order valence-electron chi connectivity index (χ1n) is 6.87. The topological polar surface area (TPSA) is 89.3 Å². The number of carbonyl (C=O) groups excluding carboxylic acids is 1. The van der Waals surface area contributed by atoms with Gasteiger partial charge in [-0.05, 0) is 31.1 Å². The van der Waals surface area contributed by atoms with Crippen molar-refractivity contribution < 1.29 is 13.2 Å². The molecule has 6 heteroatoms. The molecule has 0 unspecified atom stereocenters. The van der Waals surface area contributed by atoms with Crippen molar-refractivity contribution in [3.63, 3.8) is 0 Å². The average Bonchev–Trinajstić information content (AvgIpc) is 3.03. The van der Waals surface area contributed by atoms with E-state index in [9.17, 15) is 13.2 Å². The third-order valence-electron chi connectivity index (χ3n) is 4.11. The molecular formula is C13H26N2O3S. The molecule has 1 aliphatic rings. The summed E-state index contributed by atoms with van der Waals surface area (Å²) in [6.07, 6.45) is 4.77. The molecule has 0 aromatic carbocycles. The molecule has 0 bridgehead atoms. The van der Waals surface area contributed by atoms with Crippen LogP contribution in [0, 0.1) is 5.41 Å². The predicted octanol–water partition coefficient (Wildman–Crippen LogP) is 0.835. The Kier molecular flexibility index (Phi) is 5.01. The van der Waals surface area contributed by atoms with Gasteiger partial charge >= 0.3 is 0 Å². The molecule has 112 valence electrons. The van der Waals surface area contributed by atoms with E-state index in [0.29, 0.717) is 13.0 Å². The van der Waals surface area contributed by atoms with E-state index in [1.54, 1.807) is 0 Å². The van der Waals surface area contributed by atoms with Gasteiger partial charge in [0.15, 0.2) is 0 Å². The van der Waals surface area contributed by atoms with Crippen molar-refractivity contribution in [2.75, 3.05) is 18.6 Å². The summed E-state index contributed by atoms with van der Waals surface area (Å²) in [5.74, 6) is 0.0285. The molecule has 0 radical (unpaired) electrons. The third-order valence-corrected chi connectivity index (χ3v) is 5.24. The molecular weight excluding hydrogens is 264 g/mol. The van der Waals surface area contributed by atoms with Crippen molar-refractivity contribution in [1.29, 1.82) is 0 Å². The quantitative estimate of drug-likeness (QED) is 0.693. The lowest BCUT2D eigenvalue weighted by Gasteiger charge is -2.27. The lowest BCUT2D eigenvalue weighted by atomic mass is 9.94. The van der Waals surface area contributed by atoms with Crippen LogP contribution in [0.2, 0.25) is 0 Å². The molecule has 1 saturated carbocycles. The summed E-state index contributed by atoms with van der Waals surface area (Å²) >= 11 is 0. The zero-order chi connectivity index (χ0) is 14.7. The highest BCUT2D eigenvalue weighted by Gasteiger charge is 2.46. The normalized spacial score (nSPS) is 18.1. The van der Waals surface area contributed by atoms with Crippen LogP contribution >= 0.6 is 0 Å². The summed E-state index contributed by atoms with van der Waals surface area (Å²) in [5.41, 5.74) is 5.45. The van der Waals surface area contributed by atoms with E-state index < -0.39 is 9.84 Å². The van der Waals surface area contributed by atoms with Crippen LogP contribution in [0.3, 0.4) is 0 Å². The minimum absolute atomic E-state index is 0.0853. The van der Waals surface area contributed by atoms with E-state index in [-0.39, 0.29) is 22.6 Å². The molecule has 0 aromatic rings. The van der Waals surface area contributed by atoms with E-state index in [4.69, 9.17) is 5.73 Å². The van der Waals surface area contributed by atoms with E-state index in [1.165, 1.54) is 6.26 Å². The summed E-state index contributed by atoms with van der Waals surface area (Å²) in [5, 5.41) is 2.85. The highest BCUT2D eigenvalue weighted by atomic mass is 32.2. The standard InChI is InChI=1S/C13H26N2O3S/c1-4-13(14,5-2)9-15-11(16)8-12(6-7-12)10-19(3,17)18/h4-10,14H2,1-3H3,(H,15,16). The zero-order valence-corrected chi connectivity index (χ0v) is 13.0. The van der Waals surface area contributed by atoms with Crippen LogP contribution in [-0.4, -0.2) is 38.4 Å². The first-order valence-corrected chi connectivity index (χ1v) is 8.93. The number of hydrogen-bond donors (Lipinski definition) is 2. The van der Waals surface area contributed by atoms with Gasteiger partial charge in [-0.3, -0.25) is 4.79 Å². The molecule has 0 aromatic heterocycles. The third kappa shape index (κ3) is 5.48. The van der Waals surface area contributed by atoms with Gasteiger partial charge in [-0.25, -0.2) is 8.42 Å². The van der Waals surface area contributed by atoms with Gasteiger partial charge in [0.25, 0.3) is 0 Å². The van der Waals surface area contributed by atoms with Crippen LogP contribution in [0.4, 0.5) is 0 Å². The Bertz CT molecular complexity index is 423. The fourth-order valence-electron chi connectivity index (χ4n) is 2.28. The Morgan fingerprint density at radius 3 is 2.21 bits per heavy atom. The minimum Gasteiger partial charge on any atom is -0.354 e. The van der Waals surface area contributed by atoms with Crippen LogP contribution in [0.15, 0.2) is 0 Å². The lowest BCUT2D eigenvalue weighted by molar-refractivity contribution is -0.122. The van der Waals surface area contributed by atoms with Gasteiger partial charge in [-0.1, -0.05) is 13.8 Å². The Labute approximate surface area is 116 Å². The Morgan fingerprint density at radius 2 is 1.84 bits per heavy atom. The Balaban J connectivity index is 2.44. The summed E-state index contributed by atoms with van der Waals surface area (Å²) in [7, 11) is -3.02. The van der Waals surface area contributed by atoms with Crippen LogP contribution in [-0.2, 0) is 14.6 Å². The maximum Gasteiger partial charge on any atom is 0.220 e. The molecule has 1 amide bonds. The monoisotopic (exact) mass is 290 g/mol. The van der Waals surface area contributed by atoms with Gasteiger partial charge in [0.05, 0.1) is 5.75 Å². The Morgan fingerprint density at radius 1 is 1.32 bits per heavy atom. The molecule has 0 spiro atoms. The van der Waals surface area contributed by atoms with E-state index in [0.717, 1.165) is 25.7 Å². The second-order valence-electron chi connectivity index (χ2n) is 6.09. The summed E-state index contributed by atoms with van der Waals surface area (Å²) in [6, 6.07) is 0. The lowest BCUT2D eigenvalue weighted by Crippen LogP contribution is -2.49. The highest BCUT2D eigenvalue weighted by Crippen LogP contribution is 2.49. The molecule has 1 fully saturated rings. The molecule has 0 heterocycles. The summed E-state index contributed by atoms with van der Waals surface area (Å²) in [6.45, 7) is 4.46. The van der Waals surface area contributed by atoms with Gasteiger partial charge < -0.3 is 11.1 Å². The number of nitrogens with one attached hydrogen (secondary N) is 1. The molecule has 0 saturated heterocycles. The summed E-state index contributed by atoms with van der Waals surface area (Å²) in [4.78, 5) is 11.9. The predicted molar refractivity (Wildman–Crippen MR) is 76.5 cm³/mol. The minimum atomic E-state index is -3.02. The SMILES string of the molecule is CCC(N)(CC)CNC(=O)CC1(CS(C)(=O)=O)CC1. The first kappa shape index (κ1) is 16.4. The van der Waals surface area contributed by atoms with Crippen LogP contribution in [0.1, 0.15) is 46.0 Å². The van der Waals surface area contributed by atoms with Gasteiger partial charge in [-0.15, -0.1) is 0 Å². The molecule has 5 nitrogen and oxygen atoms in total. The number of amides is 1. The number of sulfone groups is 1. The second kappa shape index (κ2) is 5.79. The molecule has 19 heavy (non-hydrogen) atoms. The fraction of sp³-hybridized carbons (Fsp3) is 0.923. The zero-order valence-electron chi connectivity index (χ0n) is 12.2. The Hall–Kier alpha value is -0.620. The van der Waals surface area contributed by atoms with E-state index in [1.807, 2.05) is 13.8 Å². The number of carbonyl (C=O) groups is 1. The maximum absolute atomic E-state index is 11.9. The first-order chi connectivity index (χ1) is 8.64. The number of rotatable bonds is 8. The van der Waals surface area contributed by atoms with Gasteiger partial charge in [0.2, 0.25) is 5.91 Å². The second-order valence-corrected chi connectivity index (χ2v) is 8.23. The van der Waals surface area contributed by atoms with Gasteiger partial charge in [0.1, 0.15) is 9.84 Å². The number of hydrogen-bond acceptors (Lipinski definition) is 4. The van der Waals surface area contributed by atoms with Gasteiger partial charge in [0, 0.05) is 24.8 Å². The number of nitrogens with two attached hydrogens (primary N) is 1. The van der Waals surface area contributed by atoms with E-state index >= 15 is 0 Å². The maximum atomic E-state index is 11.9. The molecule has 0 atom stereocenters.